The molecule has 0 saturated heterocycles. The number of carbonyl (C=O) groups excluding carboxylic acids is 2. The molecule has 0 spiro atoms. The fraction of sp³-hybridized carbons (Fsp3) is 0.0476. The van der Waals surface area contributed by atoms with Crippen molar-refractivity contribution in [3.05, 3.63) is 95.3 Å². The van der Waals surface area contributed by atoms with E-state index in [1.165, 1.54) is 18.4 Å². The van der Waals surface area contributed by atoms with Crippen molar-refractivity contribution in [3.8, 4) is 0 Å². The molecule has 6 heteroatoms. The number of anilines is 1. The third kappa shape index (κ3) is 4.70. The van der Waals surface area contributed by atoms with Crippen LogP contribution < -0.4 is 10.6 Å². The van der Waals surface area contributed by atoms with Gasteiger partial charge in [0.2, 0.25) is 0 Å². The van der Waals surface area contributed by atoms with Crippen LogP contribution in [0.2, 0.25) is 0 Å². The first-order chi connectivity index (χ1) is 13.0. The van der Waals surface area contributed by atoms with Gasteiger partial charge in [0.15, 0.2) is 0 Å². The van der Waals surface area contributed by atoms with Crippen LogP contribution in [0.4, 0.5) is 10.1 Å². The van der Waals surface area contributed by atoms with E-state index >= 15 is 0 Å². The predicted molar refractivity (Wildman–Crippen MR) is 100 cm³/mol. The average Bonchev–Trinajstić information content (AvgIpc) is 3.18. The van der Waals surface area contributed by atoms with Crippen LogP contribution in [-0.2, 0) is 4.79 Å². The highest BCUT2D eigenvalue weighted by Crippen LogP contribution is 2.15. The van der Waals surface area contributed by atoms with Crippen molar-refractivity contribution < 1.29 is 18.4 Å². The summed E-state index contributed by atoms with van der Waals surface area (Å²) in [7, 11) is 0. The monoisotopic (exact) mass is 364 g/mol. The van der Waals surface area contributed by atoms with Gasteiger partial charge in [0.1, 0.15) is 17.3 Å². The quantitative estimate of drug-likeness (QED) is 0.669. The van der Waals surface area contributed by atoms with E-state index in [9.17, 15) is 14.0 Å². The van der Waals surface area contributed by atoms with Gasteiger partial charge >= 0.3 is 0 Å². The number of amides is 2. The lowest BCUT2D eigenvalue weighted by atomic mass is 10.2. The summed E-state index contributed by atoms with van der Waals surface area (Å²) in [5.74, 6) is -1.08. The van der Waals surface area contributed by atoms with Crippen molar-refractivity contribution in [1.82, 2.24) is 5.32 Å². The summed E-state index contributed by atoms with van der Waals surface area (Å²) in [6.07, 6.45) is 2.86. The lowest BCUT2D eigenvalue weighted by Crippen LogP contribution is -2.30. The number of benzene rings is 2. The number of rotatable bonds is 5. The van der Waals surface area contributed by atoms with Gasteiger partial charge < -0.3 is 15.1 Å². The Morgan fingerprint density at radius 2 is 1.81 bits per heavy atom. The van der Waals surface area contributed by atoms with Gasteiger partial charge in [0.05, 0.1) is 6.26 Å². The van der Waals surface area contributed by atoms with E-state index in [0.29, 0.717) is 16.9 Å². The molecule has 2 amide bonds. The first-order valence-corrected chi connectivity index (χ1v) is 8.22. The molecule has 0 bridgehead atoms. The molecular formula is C21H17FN2O3. The maximum absolute atomic E-state index is 13.7. The minimum atomic E-state index is -0.598. The average molecular weight is 364 g/mol. The molecule has 0 atom stereocenters. The van der Waals surface area contributed by atoms with E-state index in [4.69, 9.17) is 4.42 Å². The Morgan fingerprint density at radius 3 is 2.48 bits per heavy atom. The first-order valence-electron chi connectivity index (χ1n) is 8.22. The van der Waals surface area contributed by atoms with Crippen molar-refractivity contribution in [3.63, 3.8) is 0 Å². The number of hydrogen-bond donors (Lipinski definition) is 2. The Bertz CT molecular complexity index is 980. The third-order valence-electron chi connectivity index (χ3n) is 3.79. The molecule has 0 saturated carbocycles. The van der Waals surface area contributed by atoms with Crippen LogP contribution in [-0.4, -0.2) is 11.8 Å². The smallest absolute Gasteiger partial charge is 0.272 e. The summed E-state index contributed by atoms with van der Waals surface area (Å²) in [4.78, 5) is 25.1. The maximum Gasteiger partial charge on any atom is 0.272 e. The van der Waals surface area contributed by atoms with Crippen LogP contribution in [0.5, 0.6) is 0 Å². The number of nitrogens with one attached hydrogen (secondary N) is 2. The summed E-state index contributed by atoms with van der Waals surface area (Å²) in [6.45, 7) is 1.63. The largest absolute Gasteiger partial charge is 0.465 e. The Kier molecular flexibility index (Phi) is 5.47. The Balaban J connectivity index is 1.84. The van der Waals surface area contributed by atoms with Crippen LogP contribution in [0.25, 0.3) is 6.08 Å². The van der Waals surface area contributed by atoms with E-state index < -0.39 is 17.6 Å². The number of furan rings is 1. The Morgan fingerprint density at radius 1 is 1.04 bits per heavy atom. The van der Waals surface area contributed by atoms with Crippen LogP contribution >= 0.6 is 0 Å². The Hall–Kier alpha value is -3.67. The van der Waals surface area contributed by atoms with Crippen molar-refractivity contribution in [2.75, 3.05) is 5.32 Å². The standard InChI is InChI=1S/C21H17FN2O3/c1-14-9-10-16(12-18(14)22)23-21(26)19(13-17-8-5-11-27-17)24-20(25)15-6-3-2-4-7-15/h2-13H,1H3,(H,23,26)(H,24,25)/b19-13-. The highest BCUT2D eigenvalue weighted by atomic mass is 19.1. The van der Waals surface area contributed by atoms with Gasteiger partial charge in [-0.05, 0) is 48.9 Å². The number of carbonyl (C=O) groups is 2. The van der Waals surface area contributed by atoms with E-state index in [2.05, 4.69) is 10.6 Å². The SMILES string of the molecule is Cc1ccc(NC(=O)/C(=C/c2ccco2)NC(=O)c2ccccc2)cc1F. The summed E-state index contributed by atoms with van der Waals surface area (Å²) >= 11 is 0. The second-order valence-corrected chi connectivity index (χ2v) is 5.81. The topological polar surface area (TPSA) is 71.3 Å². The molecule has 27 heavy (non-hydrogen) atoms. The van der Waals surface area contributed by atoms with Gasteiger partial charge in [-0.2, -0.15) is 0 Å². The molecule has 0 unspecified atom stereocenters. The van der Waals surface area contributed by atoms with E-state index in [1.807, 2.05) is 0 Å². The molecule has 1 heterocycles. The third-order valence-corrected chi connectivity index (χ3v) is 3.79. The predicted octanol–water partition coefficient (Wildman–Crippen LogP) is 4.14. The minimum Gasteiger partial charge on any atom is -0.465 e. The molecule has 5 nitrogen and oxygen atoms in total. The molecular weight excluding hydrogens is 347 g/mol. The molecule has 0 aliphatic rings. The summed E-state index contributed by atoms with van der Waals surface area (Å²) in [5, 5.41) is 5.15. The maximum atomic E-state index is 13.7. The van der Waals surface area contributed by atoms with Crippen molar-refractivity contribution >= 4 is 23.6 Å². The molecule has 3 rings (SSSR count). The zero-order valence-corrected chi connectivity index (χ0v) is 14.5. The van der Waals surface area contributed by atoms with E-state index in [1.54, 1.807) is 61.5 Å². The zero-order valence-electron chi connectivity index (χ0n) is 14.5. The van der Waals surface area contributed by atoms with Gasteiger partial charge in [-0.15, -0.1) is 0 Å². The van der Waals surface area contributed by atoms with Crippen LogP contribution in [0.3, 0.4) is 0 Å². The van der Waals surface area contributed by atoms with E-state index in [-0.39, 0.29) is 11.4 Å². The van der Waals surface area contributed by atoms with Crippen LogP contribution in [0, 0.1) is 12.7 Å². The molecule has 2 aromatic carbocycles. The zero-order chi connectivity index (χ0) is 19.2. The van der Waals surface area contributed by atoms with Crippen LogP contribution in [0.1, 0.15) is 21.7 Å². The van der Waals surface area contributed by atoms with Crippen molar-refractivity contribution in [2.24, 2.45) is 0 Å². The molecule has 0 radical (unpaired) electrons. The lowest BCUT2D eigenvalue weighted by molar-refractivity contribution is -0.113. The lowest BCUT2D eigenvalue weighted by Gasteiger charge is -2.11. The van der Waals surface area contributed by atoms with Gasteiger partial charge in [-0.3, -0.25) is 9.59 Å². The number of hydrogen-bond acceptors (Lipinski definition) is 3. The highest BCUT2D eigenvalue weighted by Gasteiger charge is 2.16. The Labute approximate surface area is 155 Å². The van der Waals surface area contributed by atoms with Crippen molar-refractivity contribution in [1.29, 1.82) is 0 Å². The van der Waals surface area contributed by atoms with Gasteiger partial charge in [0.25, 0.3) is 11.8 Å². The van der Waals surface area contributed by atoms with E-state index in [0.717, 1.165) is 0 Å². The normalized spacial score (nSPS) is 11.1. The van der Waals surface area contributed by atoms with Crippen LogP contribution in [0.15, 0.2) is 77.0 Å². The summed E-state index contributed by atoms with van der Waals surface area (Å²) < 4.78 is 18.9. The number of aryl methyl sites for hydroxylation is 1. The summed E-state index contributed by atoms with van der Waals surface area (Å²) in [5.41, 5.74) is 1.12. The number of halogens is 1. The second kappa shape index (κ2) is 8.14. The second-order valence-electron chi connectivity index (χ2n) is 5.81. The molecule has 3 aromatic rings. The molecule has 2 N–H and O–H groups in total. The molecule has 0 aliphatic heterocycles. The van der Waals surface area contributed by atoms with Gasteiger partial charge in [-0.25, -0.2) is 4.39 Å². The van der Waals surface area contributed by atoms with Gasteiger partial charge in [-0.1, -0.05) is 24.3 Å². The fourth-order valence-corrected chi connectivity index (χ4v) is 2.33. The summed E-state index contributed by atoms with van der Waals surface area (Å²) in [6, 6.07) is 16.2. The molecule has 0 aliphatic carbocycles. The van der Waals surface area contributed by atoms with Gasteiger partial charge in [0, 0.05) is 17.3 Å². The fourth-order valence-electron chi connectivity index (χ4n) is 2.33. The molecule has 0 fully saturated rings. The molecule has 1 aromatic heterocycles. The first kappa shape index (κ1) is 18.1. The van der Waals surface area contributed by atoms with Crippen molar-refractivity contribution in [2.45, 2.75) is 6.92 Å². The highest BCUT2D eigenvalue weighted by molar-refractivity contribution is 6.10. The minimum absolute atomic E-state index is 0.0280. The molecule has 136 valence electrons.